The molecule has 0 aromatic heterocycles. The highest BCUT2D eigenvalue weighted by molar-refractivity contribution is 5.89. The van der Waals surface area contributed by atoms with Crippen molar-refractivity contribution in [1.82, 2.24) is 0 Å². The number of hydrogen-bond acceptors (Lipinski definition) is 3. The van der Waals surface area contributed by atoms with E-state index in [2.05, 4.69) is 0 Å². The van der Waals surface area contributed by atoms with E-state index in [1.165, 1.54) is 24.2 Å². The van der Waals surface area contributed by atoms with Crippen molar-refractivity contribution in [2.24, 2.45) is 0 Å². The molecule has 0 bridgehead atoms. The molecule has 12 heavy (non-hydrogen) atoms. The van der Waals surface area contributed by atoms with Crippen LogP contribution in [0.1, 0.15) is 0 Å². The van der Waals surface area contributed by atoms with Crippen molar-refractivity contribution in [1.29, 1.82) is 0 Å². The molecule has 1 unspecified atom stereocenters. The highest BCUT2D eigenvalue weighted by Crippen LogP contribution is 2.21. The fourth-order valence-corrected chi connectivity index (χ4v) is 0.862. The zero-order valence-corrected chi connectivity index (χ0v) is 6.02. The Hall–Kier alpha value is -1.64. The standard InChI is InChI=1S/C8H6O4/c9-5-6-3-1-2-4-8(6,12)7(10)11/h1-4,12H,(H,10,11). The van der Waals surface area contributed by atoms with E-state index in [0.717, 1.165) is 6.08 Å². The monoisotopic (exact) mass is 166 g/mol. The zero-order chi connectivity index (χ0) is 9.19. The molecular weight excluding hydrogens is 160 g/mol. The topological polar surface area (TPSA) is 74.6 Å². The fourth-order valence-electron chi connectivity index (χ4n) is 0.862. The molecule has 0 saturated heterocycles. The van der Waals surface area contributed by atoms with Crippen LogP contribution in [0.2, 0.25) is 0 Å². The third-order valence-corrected chi connectivity index (χ3v) is 1.56. The van der Waals surface area contributed by atoms with E-state index in [4.69, 9.17) is 5.11 Å². The number of allylic oxidation sites excluding steroid dienone is 2. The number of carbonyl (C=O) groups excluding carboxylic acids is 1. The van der Waals surface area contributed by atoms with E-state index >= 15 is 0 Å². The zero-order valence-electron chi connectivity index (χ0n) is 6.02. The number of carboxylic acids is 1. The average molecular weight is 166 g/mol. The average Bonchev–Trinajstić information content (AvgIpc) is 2.05. The van der Waals surface area contributed by atoms with Crippen LogP contribution < -0.4 is 0 Å². The summed E-state index contributed by atoms with van der Waals surface area (Å²) >= 11 is 0. The van der Waals surface area contributed by atoms with E-state index in [-0.39, 0.29) is 5.57 Å². The minimum absolute atomic E-state index is 0.294. The van der Waals surface area contributed by atoms with Crippen molar-refractivity contribution in [3.63, 3.8) is 0 Å². The third-order valence-electron chi connectivity index (χ3n) is 1.56. The Morgan fingerprint density at radius 1 is 1.50 bits per heavy atom. The van der Waals surface area contributed by atoms with Gasteiger partial charge in [-0.05, 0) is 12.2 Å². The van der Waals surface area contributed by atoms with Crippen LogP contribution in [0.15, 0.2) is 29.9 Å². The van der Waals surface area contributed by atoms with Crippen LogP contribution in [0, 0.1) is 0 Å². The maximum absolute atomic E-state index is 10.5. The Morgan fingerprint density at radius 3 is 2.58 bits per heavy atom. The molecular formula is C8H6O4. The highest BCUT2D eigenvalue weighted by Gasteiger charge is 2.38. The summed E-state index contributed by atoms with van der Waals surface area (Å²) in [6, 6.07) is 0. The lowest BCUT2D eigenvalue weighted by atomic mass is 9.91. The minimum Gasteiger partial charge on any atom is -0.479 e. The third kappa shape index (κ3) is 1.09. The van der Waals surface area contributed by atoms with Gasteiger partial charge in [-0.1, -0.05) is 12.2 Å². The van der Waals surface area contributed by atoms with Crippen molar-refractivity contribution in [3.05, 3.63) is 29.9 Å². The summed E-state index contributed by atoms with van der Waals surface area (Å²) in [6.07, 6.45) is 5.04. The maximum Gasteiger partial charge on any atom is 0.345 e. The molecule has 1 aliphatic carbocycles. The van der Waals surface area contributed by atoms with Gasteiger partial charge in [-0.3, -0.25) is 0 Å². The molecule has 0 radical (unpaired) electrons. The van der Waals surface area contributed by atoms with Gasteiger partial charge in [0.2, 0.25) is 5.60 Å². The van der Waals surface area contributed by atoms with Crippen LogP contribution in [0.4, 0.5) is 0 Å². The van der Waals surface area contributed by atoms with Crippen molar-refractivity contribution in [3.8, 4) is 0 Å². The summed E-state index contributed by atoms with van der Waals surface area (Å²) in [6.45, 7) is 0. The smallest absolute Gasteiger partial charge is 0.345 e. The summed E-state index contributed by atoms with van der Waals surface area (Å²) in [7, 11) is 0. The van der Waals surface area contributed by atoms with Crippen LogP contribution in [0.5, 0.6) is 0 Å². The molecule has 4 heteroatoms. The molecule has 1 aliphatic rings. The molecule has 62 valence electrons. The first-order valence-corrected chi connectivity index (χ1v) is 3.18. The predicted molar refractivity (Wildman–Crippen MR) is 40.1 cm³/mol. The summed E-state index contributed by atoms with van der Waals surface area (Å²) in [5, 5.41) is 17.9. The van der Waals surface area contributed by atoms with Crippen molar-refractivity contribution < 1.29 is 19.8 Å². The summed E-state index contributed by atoms with van der Waals surface area (Å²) in [4.78, 5) is 20.7. The molecule has 0 spiro atoms. The maximum atomic E-state index is 10.5. The number of carboxylic acid groups (broad SMARTS) is 1. The van der Waals surface area contributed by atoms with Crippen molar-refractivity contribution in [2.75, 3.05) is 0 Å². The second-order valence-corrected chi connectivity index (χ2v) is 2.31. The van der Waals surface area contributed by atoms with Gasteiger partial charge in [0.05, 0.1) is 5.57 Å². The van der Waals surface area contributed by atoms with Crippen LogP contribution >= 0.6 is 0 Å². The van der Waals surface area contributed by atoms with Gasteiger partial charge in [0.15, 0.2) is 0 Å². The van der Waals surface area contributed by atoms with Gasteiger partial charge in [-0.15, -0.1) is 0 Å². The Morgan fingerprint density at radius 2 is 2.17 bits per heavy atom. The Kier molecular flexibility index (Phi) is 1.95. The van der Waals surface area contributed by atoms with Gasteiger partial charge in [-0.2, -0.15) is 0 Å². The normalized spacial score (nSPS) is 26.9. The van der Waals surface area contributed by atoms with Gasteiger partial charge < -0.3 is 10.2 Å². The lowest BCUT2D eigenvalue weighted by Crippen LogP contribution is -2.39. The lowest BCUT2D eigenvalue weighted by molar-refractivity contribution is -0.150. The number of aliphatic hydroxyl groups is 1. The van der Waals surface area contributed by atoms with Crippen LogP contribution in [-0.2, 0) is 9.59 Å². The molecule has 4 nitrogen and oxygen atoms in total. The molecule has 0 heterocycles. The van der Waals surface area contributed by atoms with Crippen LogP contribution in [0.25, 0.3) is 0 Å². The number of hydrogen-bond donors (Lipinski definition) is 2. The Balaban J connectivity index is 3.21. The molecule has 2 N–H and O–H groups in total. The highest BCUT2D eigenvalue weighted by atomic mass is 16.4. The summed E-state index contributed by atoms with van der Waals surface area (Å²) < 4.78 is 0. The first-order valence-electron chi connectivity index (χ1n) is 3.18. The van der Waals surface area contributed by atoms with E-state index in [0.29, 0.717) is 0 Å². The number of carbonyl (C=O) groups is 1. The molecule has 0 aliphatic heterocycles. The molecule has 0 amide bonds. The Bertz CT molecular complexity index is 320. The Labute approximate surface area is 68.1 Å². The summed E-state index contributed by atoms with van der Waals surface area (Å²) in [5.74, 6) is -0.111. The van der Waals surface area contributed by atoms with E-state index in [1.807, 2.05) is 0 Å². The number of rotatable bonds is 1. The number of aliphatic carboxylic acids is 1. The van der Waals surface area contributed by atoms with Gasteiger partial charge in [0.1, 0.15) is 5.94 Å². The van der Waals surface area contributed by atoms with Gasteiger partial charge in [0.25, 0.3) is 0 Å². The van der Waals surface area contributed by atoms with Crippen LogP contribution in [0.3, 0.4) is 0 Å². The molecule has 0 aromatic carbocycles. The second-order valence-electron chi connectivity index (χ2n) is 2.31. The van der Waals surface area contributed by atoms with Gasteiger partial charge >= 0.3 is 5.97 Å². The first-order chi connectivity index (χ1) is 5.61. The molecule has 0 aromatic rings. The molecule has 1 rings (SSSR count). The predicted octanol–water partition coefficient (Wildman–Crippen LogP) is -0.314. The molecule has 0 fully saturated rings. The molecule has 1 atom stereocenters. The SMILES string of the molecule is O=C=C1C=CC=CC1(O)C(=O)O. The fraction of sp³-hybridized carbons (Fsp3) is 0.125. The van der Waals surface area contributed by atoms with Crippen molar-refractivity contribution >= 4 is 11.9 Å². The van der Waals surface area contributed by atoms with Crippen molar-refractivity contribution in [2.45, 2.75) is 5.60 Å². The first kappa shape index (κ1) is 8.46. The van der Waals surface area contributed by atoms with Crippen LogP contribution in [-0.4, -0.2) is 27.7 Å². The van der Waals surface area contributed by atoms with E-state index in [1.54, 1.807) is 0 Å². The second kappa shape index (κ2) is 2.77. The largest absolute Gasteiger partial charge is 0.479 e. The molecule has 0 saturated carbocycles. The van der Waals surface area contributed by atoms with E-state index < -0.39 is 11.6 Å². The quantitative estimate of drug-likeness (QED) is 0.524. The minimum atomic E-state index is -2.21. The van der Waals surface area contributed by atoms with E-state index in [9.17, 15) is 14.7 Å². The summed E-state index contributed by atoms with van der Waals surface area (Å²) in [5.41, 5.74) is -2.51. The lowest BCUT2D eigenvalue weighted by Gasteiger charge is -2.19. The van der Waals surface area contributed by atoms with Gasteiger partial charge in [-0.25, -0.2) is 9.59 Å². The van der Waals surface area contributed by atoms with Gasteiger partial charge in [0, 0.05) is 0 Å².